The molecule has 5 bridgehead atoms. The molecule has 3 aliphatic rings. The summed E-state index contributed by atoms with van der Waals surface area (Å²) in [5, 5.41) is 49.1. The number of aliphatic hydroxyl groups excluding tert-OH is 2. The summed E-state index contributed by atoms with van der Waals surface area (Å²) in [6, 6.07) is 20.1. The van der Waals surface area contributed by atoms with E-state index in [1.165, 1.54) is 59.3 Å². The van der Waals surface area contributed by atoms with E-state index in [1.54, 1.807) is 44.7 Å². The molecule has 0 spiro atoms. The van der Waals surface area contributed by atoms with Gasteiger partial charge in [-0.3, -0.25) is 19.2 Å². The molecular weight excluding hydrogens is 896 g/mol. The van der Waals surface area contributed by atoms with Gasteiger partial charge in [-0.05, 0) is 31.1 Å². The number of anilines is 1. The Morgan fingerprint density at radius 3 is 2.03 bits per heavy atom. The van der Waals surface area contributed by atoms with Crippen LogP contribution >= 0.6 is 0 Å². The zero-order chi connectivity index (χ0) is 49.6. The number of amides is 2. The standard InChI is InChI=1S/C53H62N2O13.Na/c1-29-17-16-18-30(2)52(63)54-38-25-40(65-28-41(57)55(26-36-19-12-10-13-20-36)27-37-21-14-11-15-22-37)42-43(48(38)61)47(60)34(6)50-44(42)51(62)53(8,68-50)66-24-23-39(64-9)31(3)49(67-35(7)56)33(5)46(59)32(4)45(29)58;/h10-25,29,31-33,39,45-46,49,58-61H,26-28H2,1-9H3,(H,54,63);/q;+1/b17-16+,24-23+,30-18+;. The predicted molar refractivity (Wildman–Crippen MR) is 255 cm³/mol. The van der Waals surface area contributed by atoms with Crippen LogP contribution in [0.1, 0.15) is 75.5 Å². The molecule has 0 saturated heterocycles. The molecule has 7 rings (SSSR count). The number of ether oxygens (including phenoxy) is 5. The van der Waals surface area contributed by atoms with Gasteiger partial charge < -0.3 is 54.3 Å². The molecule has 0 fully saturated rings. The van der Waals surface area contributed by atoms with Crippen molar-refractivity contribution in [3.8, 4) is 23.0 Å². The summed E-state index contributed by atoms with van der Waals surface area (Å²) >= 11 is 0. The van der Waals surface area contributed by atoms with Gasteiger partial charge in [-0.2, -0.15) is 0 Å². The summed E-state index contributed by atoms with van der Waals surface area (Å²) in [7, 11) is 1.44. The second kappa shape index (κ2) is 23.3. The Bertz CT molecular complexity index is 2560. The molecule has 0 radical (unpaired) electrons. The molecule has 9 unspecified atom stereocenters. The molecule has 3 heterocycles. The van der Waals surface area contributed by atoms with E-state index in [0.29, 0.717) is 0 Å². The Morgan fingerprint density at radius 2 is 1.45 bits per heavy atom. The Hall–Kier alpha value is -5.68. The number of phenols is 2. The van der Waals surface area contributed by atoms with E-state index in [9.17, 15) is 39.6 Å². The van der Waals surface area contributed by atoms with Crippen LogP contribution in [0.3, 0.4) is 0 Å². The van der Waals surface area contributed by atoms with Crippen molar-refractivity contribution >= 4 is 40.0 Å². The number of methoxy groups -OCH3 is 1. The third-order valence-electron chi connectivity index (χ3n) is 13.0. The molecule has 69 heavy (non-hydrogen) atoms. The van der Waals surface area contributed by atoms with Crippen molar-refractivity contribution in [3.63, 3.8) is 0 Å². The number of fused-ring (bicyclic) bond motifs is 14. The molecule has 0 aromatic heterocycles. The fourth-order valence-electron chi connectivity index (χ4n) is 8.82. The number of nitrogens with one attached hydrogen (secondary N) is 1. The Morgan fingerprint density at radius 1 is 0.841 bits per heavy atom. The van der Waals surface area contributed by atoms with Crippen molar-refractivity contribution in [1.82, 2.24) is 4.90 Å². The number of aromatic hydroxyl groups is 2. The molecule has 15 nitrogen and oxygen atoms in total. The Kier molecular flexibility index (Phi) is 18.3. The molecule has 5 N–H and O–H groups in total. The van der Waals surface area contributed by atoms with Crippen LogP contribution in [0.2, 0.25) is 0 Å². The van der Waals surface area contributed by atoms with Crippen molar-refractivity contribution in [2.24, 2.45) is 23.7 Å². The van der Waals surface area contributed by atoms with Crippen LogP contribution in [0.5, 0.6) is 23.0 Å². The molecule has 4 aromatic rings. The van der Waals surface area contributed by atoms with Crippen LogP contribution in [0.25, 0.3) is 10.8 Å². The van der Waals surface area contributed by atoms with Crippen LogP contribution in [-0.4, -0.2) is 92.8 Å². The number of nitrogens with zero attached hydrogens (tertiary/aromatic N) is 1. The van der Waals surface area contributed by atoms with Crippen LogP contribution in [0.4, 0.5) is 5.69 Å². The Labute approximate surface area is 425 Å². The second-order valence-corrected chi connectivity index (χ2v) is 17.9. The van der Waals surface area contributed by atoms with Crippen molar-refractivity contribution < 1.29 is 92.8 Å². The van der Waals surface area contributed by atoms with E-state index in [2.05, 4.69) is 5.32 Å². The van der Waals surface area contributed by atoms with Crippen molar-refractivity contribution in [1.29, 1.82) is 0 Å². The van der Waals surface area contributed by atoms with E-state index in [0.717, 1.165) is 11.1 Å². The van der Waals surface area contributed by atoms with Gasteiger partial charge in [-0.15, -0.1) is 0 Å². The van der Waals surface area contributed by atoms with E-state index in [4.69, 9.17) is 23.7 Å². The number of allylic oxidation sites excluding steroid dienone is 2. The average Bonchev–Trinajstić information content (AvgIpc) is 3.59. The van der Waals surface area contributed by atoms with E-state index < -0.39 is 95.5 Å². The Balaban J connectivity index is 0.00000888. The number of aliphatic hydroxyl groups is 2. The number of hydrogen-bond donors (Lipinski definition) is 5. The van der Waals surface area contributed by atoms with Gasteiger partial charge in [0.05, 0.1) is 41.2 Å². The average molecular weight is 958 g/mol. The van der Waals surface area contributed by atoms with Gasteiger partial charge in [0.25, 0.3) is 17.6 Å². The van der Waals surface area contributed by atoms with E-state index in [1.807, 2.05) is 60.7 Å². The van der Waals surface area contributed by atoms with E-state index in [-0.39, 0.29) is 87.3 Å². The molecule has 0 aliphatic carbocycles. The number of Topliss-reactive ketones (excluding diaryl/α,β-unsaturated/α-hetero) is 1. The number of carbonyl (C=O) groups is 4. The van der Waals surface area contributed by atoms with Crippen LogP contribution in [0.15, 0.2) is 103 Å². The normalized spacial score (nSPS) is 26.9. The number of ketones is 1. The third-order valence-corrected chi connectivity index (χ3v) is 13.0. The first kappa shape index (κ1) is 54.3. The molecule has 3 aliphatic heterocycles. The number of carbonyl (C=O) groups excluding carboxylic acids is 4. The molecule has 4 aromatic carbocycles. The number of rotatable bonds is 9. The van der Waals surface area contributed by atoms with Gasteiger partial charge in [-0.25, -0.2) is 0 Å². The van der Waals surface area contributed by atoms with Crippen LogP contribution in [0, 0.1) is 30.6 Å². The van der Waals surface area contributed by atoms with Gasteiger partial charge in [-0.1, -0.05) is 107 Å². The molecular formula is C53H62N2NaO13+. The maximum Gasteiger partial charge on any atom is 1.00 e. The van der Waals surface area contributed by atoms with E-state index >= 15 is 0 Å². The summed E-state index contributed by atoms with van der Waals surface area (Å²) in [5.41, 5.74) is 1.67. The zero-order valence-corrected chi connectivity index (χ0v) is 42.9. The molecule has 9 atom stereocenters. The first-order chi connectivity index (χ1) is 32.3. The maximum atomic E-state index is 14.8. The monoisotopic (exact) mass is 957 g/mol. The summed E-state index contributed by atoms with van der Waals surface area (Å²) in [6.45, 7) is 12.5. The molecule has 16 heteroatoms. The first-order valence-corrected chi connectivity index (χ1v) is 22.6. The van der Waals surface area contributed by atoms with Crippen LogP contribution in [-0.2, 0) is 41.7 Å². The SMILES string of the molecule is COC1/C=C/OC2(C)Oc3c(C)c(O)c4c(O)c(cc(OCC(=O)N(Cc5ccccc5)Cc5ccccc5)c4c3C2=O)NC(=O)/C(C)=C/C=C/C(C)C(O)C(C)C(O)C(C)C(OC(C)=O)C1C.[Na+]. The van der Waals surface area contributed by atoms with Crippen LogP contribution < -0.4 is 44.3 Å². The quantitative estimate of drug-likeness (QED) is 0.0880. The maximum absolute atomic E-state index is 14.8. The minimum Gasteiger partial charge on any atom is -0.507 e. The molecule has 2 amide bonds. The topological polar surface area (TPSA) is 211 Å². The summed E-state index contributed by atoms with van der Waals surface area (Å²) in [4.78, 5) is 56.8. The number of phenolic OH excluding ortho intramolecular Hbond substituents is 2. The predicted octanol–water partition coefficient (Wildman–Crippen LogP) is 4.66. The number of benzene rings is 4. The second-order valence-electron chi connectivity index (χ2n) is 17.9. The van der Waals surface area contributed by atoms with Crippen molar-refractivity contribution in [2.75, 3.05) is 19.0 Å². The molecule has 0 saturated carbocycles. The van der Waals surface area contributed by atoms with Crippen molar-refractivity contribution in [2.45, 2.75) is 98.7 Å². The first-order valence-electron chi connectivity index (χ1n) is 22.6. The fraction of sp³-hybridized carbons (Fsp3) is 0.396. The fourth-order valence-corrected chi connectivity index (χ4v) is 8.82. The minimum absolute atomic E-state index is 0. The number of hydrogen-bond acceptors (Lipinski definition) is 13. The summed E-state index contributed by atoms with van der Waals surface area (Å²) in [6.07, 6.45) is 3.55. The summed E-state index contributed by atoms with van der Waals surface area (Å²) < 4.78 is 30.2. The van der Waals surface area contributed by atoms with Gasteiger partial charge in [0.1, 0.15) is 23.4 Å². The van der Waals surface area contributed by atoms with Gasteiger partial charge in [0.2, 0.25) is 0 Å². The third kappa shape index (κ3) is 12.0. The summed E-state index contributed by atoms with van der Waals surface area (Å²) in [5.74, 6) is -8.31. The molecule has 362 valence electrons. The minimum atomic E-state index is -2.06. The smallest absolute Gasteiger partial charge is 0.507 e. The number of esters is 1. The van der Waals surface area contributed by atoms with Gasteiger partial charge in [0.15, 0.2) is 12.4 Å². The van der Waals surface area contributed by atoms with Crippen molar-refractivity contribution in [3.05, 3.63) is 125 Å². The van der Waals surface area contributed by atoms with Gasteiger partial charge in [0, 0.05) is 80.3 Å². The van der Waals surface area contributed by atoms with Gasteiger partial charge >= 0.3 is 41.3 Å². The largest absolute Gasteiger partial charge is 1.00 e. The zero-order valence-electron chi connectivity index (χ0n) is 40.9.